The number of amides is 1. The van der Waals surface area contributed by atoms with E-state index in [0.29, 0.717) is 5.92 Å². The molecule has 0 aliphatic carbocycles. The molecule has 1 fully saturated rings. The van der Waals surface area contributed by atoms with Crippen molar-refractivity contribution in [3.05, 3.63) is 39.3 Å². The maximum Gasteiger partial charge on any atom is 0.264 e. The van der Waals surface area contributed by atoms with Crippen LogP contribution in [0.5, 0.6) is 0 Å². The molecule has 1 N–H and O–H groups in total. The number of hydrogen-bond donors (Lipinski definition) is 1. The smallest absolute Gasteiger partial charge is 0.264 e. The molecule has 3 rings (SSSR count). The van der Waals surface area contributed by atoms with Crippen molar-refractivity contribution in [3.8, 4) is 0 Å². The van der Waals surface area contributed by atoms with E-state index < -0.39 is 0 Å². The highest BCUT2D eigenvalue weighted by Gasteiger charge is 2.30. The second kappa shape index (κ2) is 4.81. The van der Waals surface area contributed by atoms with Gasteiger partial charge in [0.2, 0.25) is 0 Å². The van der Waals surface area contributed by atoms with Gasteiger partial charge < -0.3 is 4.90 Å². The molecule has 4 nitrogen and oxygen atoms in total. The minimum absolute atomic E-state index is 0.173. The molecule has 2 aromatic heterocycles. The van der Waals surface area contributed by atoms with E-state index in [9.17, 15) is 4.79 Å². The summed E-state index contributed by atoms with van der Waals surface area (Å²) in [5.74, 6) is 0.568. The minimum atomic E-state index is 0.173. The van der Waals surface area contributed by atoms with Crippen LogP contribution in [0.2, 0.25) is 0 Å². The van der Waals surface area contributed by atoms with Gasteiger partial charge in [-0.2, -0.15) is 5.10 Å². The second-order valence-electron chi connectivity index (χ2n) is 5.14. The highest BCUT2D eigenvalue weighted by Crippen LogP contribution is 2.29. The maximum atomic E-state index is 12.4. The summed E-state index contributed by atoms with van der Waals surface area (Å²) in [5, 5.41) is 9.12. The van der Waals surface area contributed by atoms with Gasteiger partial charge in [0.15, 0.2) is 0 Å². The normalized spacial score (nSPS) is 19.1. The Hall–Kier alpha value is -1.62. The molecule has 1 aliphatic heterocycles. The van der Waals surface area contributed by atoms with E-state index >= 15 is 0 Å². The van der Waals surface area contributed by atoms with Gasteiger partial charge in [0.05, 0.1) is 11.1 Å². The van der Waals surface area contributed by atoms with Crippen LogP contribution in [0.15, 0.2) is 17.6 Å². The molecule has 5 heteroatoms. The molecular weight excluding hydrogens is 258 g/mol. The molecule has 1 saturated heterocycles. The predicted octanol–water partition coefficient (Wildman–Crippen LogP) is 2.72. The number of hydrogen-bond acceptors (Lipinski definition) is 3. The molecule has 0 radical (unpaired) electrons. The monoisotopic (exact) mass is 275 g/mol. The van der Waals surface area contributed by atoms with Gasteiger partial charge in [-0.15, -0.1) is 11.3 Å². The number of aryl methyl sites for hydroxylation is 2. The lowest BCUT2D eigenvalue weighted by Gasteiger charge is -2.16. The van der Waals surface area contributed by atoms with Gasteiger partial charge in [-0.25, -0.2) is 0 Å². The molecule has 0 aromatic carbocycles. The number of aromatic amines is 1. The first-order valence-electron chi connectivity index (χ1n) is 6.50. The van der Waals surface area contributed by atoms with Crippen molar-refractivity contribution in [1.82, 2.24) is 15.1 Å². The van der Waals surface area contributed by atoms with Crippen LogP contribution in [0.1, 0.15) is 38.8 Å². The van der Waals surface area contributed by atoms with Gasteiger partial charge in [-0.05, 0) is 42.8 Å². The largest absolute Gasteiger partial charge is 0.337 e. The van der Waals surface area contributed by atoms with Gasteiger partial charge in [0.25, 0.3) is 5.91 Å². The lowest BCUT2D eigenvalue weighted by Crippen LogP contribution is -2.28. The standard InChI is InChI=1S/C14H17N3OS/c1-9-4-6-19-13(9)14(18)17-5-3-11(8-17)12-10(2)7-15-16-12/h4,6-7,11H,3,5,8H2,1-2H3,(H,15,16)/t11-/m1/s1. The van der Waals surface area contributed by atoms with Crippen molar-refractivity contribution in [3.63, 3.8) is 0 Å². The van der Waals surface area contributed by atoms with Gasteiger partial charge >= 0.3 is 0 Å². The molecule has 0 saturated carbocycles. The van der Waals surface area contributed by atoms with E-state index in [2.05, 4.69) is 17.1 Å². The Balaban J connectivity index is 1.75. The Bertz CT molecular complexity index is 601. The van der Waals surface area contributed by atoms with Gasteiger partial charge in [0, 0.05) is 24.7 Å². The van der Waals surface area contributed by atoms with Crippen LogP contribution in [0.4, 0.5) is 0 Å². The Labute approximate surface area is 116 Å². The number of H-pyrrole nitrogens is 1. The fourth-order valence-electron chi connectivity index (χ4n) is 2.69. The van der Waals surface area contributed by atoms with Gasteiger partial charge in [-0.1, -0.05) is 0 Å². The van der Waals surface area contributed by atoms with E-state index in [1.807, 2.05) is 29.5 Å². The van der Waals surface area contributed by atoms with Crippen LogP contribution in [-0.4, -0.2) is 34.1 Å². The molecule has 3 heterocycles. The summed E-state index contributed by atoms with van der Waals surface area (Å²) < 4.78 is 0. The van der Waals surface area contributed by atoms with Crippen LogP contribution >= 0.6 is 11.3 Å². The van der Waals surface area contributed by atoms with E-state index in [1.165, 1.54) is 22.6 Å². The summed E-state index contributed by atoms with van der Waals surface area (Å²) in [6.45, 7) is 5.68. The first-order chi connectivity index (χ1) is 9.16. The predicted molar refractivity (Wildman–Crippen MR) is 75.6 cm³/mol. The molecule has 100 valence electrons. The third-order valence-electron chi connectivity index (χ3n) is 3.81. The Morgan fingerprint density at radius 1 is 1.47 bits per heavy atom. The van der Waals surface area contributed by atoms with Crippen LogP contribution in [0, 0.1) is 13.8 Å². The summed E-state index contributed by atoms with van der Waals surface area (Å²) in [6.07, 6.45) is 2.86. The molecular formula is C14H17N3OS. The third kappa shape index (κ3) is 2.18. The highest BCUT2D eigenvalue weighted by atomic mass is 32.1. The second-order valence-corrected chi connectivity index (χ2v) is 6.05. The third-order valence-corrected chi connectivity index (χ3v) is 4.81. The SMILES string of the molecule is Cc1cn[nH]c1[C@@H]1CCN(C(=O)c2sccc2C)C1. The molecule has 1 atom stereocenters. The van der Waals surface area contributed by atoms with Crippen LogP contribution < -0.4 is 0 Å². The summed E-state index contributed by atoms with van der Waals surface area (Å²) >= 11 is 1.53. The quantitative estimate of drug-likeness (QED) is 0.916. The number of carbonyl (C=O) groups excluding carboxylic acids is 1. The topological polar surface area (TPSA) is 49.0 Å². The first kappa shape index (κ1) is 12.4. The Kier molecular flexibility index (Phi) is 3.14. The fraction of sp³-hybridized carbons (Fsp3) is 0.429. The number of nitrogens with zero attached hydrogens (tertiary/aromatic N) is 2. The van der Waals surface area contributed by atoms with Crippen molar-refractivity contribution >= 4 is 17.2 Å². The Morgan fingerprint density at radius 2 is 2.32 bits per heavy atom. The Morgan fingerprint density at radius 3 is 2.95 bits per heavy atom. The van der Waals surface area contributed by atoms with E-state index in [-0.39, 0.29) is 5.91 Å². The molecule has 0 bridgehead atoms. The van der Waals surface area contributed by atoms with Crippen molar-refractivity contribution in [2.75, 3.05) is 13.1 Å². The van der Waals surface area contributed by atoms with Gasteiger partial charge in [0.1, 0.15) is 0 Å². The minimum Gasteiger partial charge on any atom is -0.337 e. The lowest BCUT2D eigenvalue weighted by atomic mass is 10.0. The molecule has 1 amide bonds. The fourth-order valence-corrected chi connectivity index (χ4v) is 3.58. The number of likely N-dealkylation sites (tertiary alicyclic amines) is 1. The number of rotatable bonds is 2. The van der Waals surface area contributed by atoms with E-state index in [1.54, 1.807) is 0 Å². The summed E-state index contributed by atoms with van der Waals surface area (Å²) in [7, 11) is 0. The molecule has 0 spiro atoms. The molecule has 2 aromatic rings. The van der Waals surface area contributed by atoms with Crippen LogP contribution in [0.25, 0.3) is 0 Å². The highest BCUT2D eigenvalue weighted by molar-refractivity contribution is 7.12. The first-order valence-corrected chi connectivity index (χ1v) is 7.38. The number of carbonyl (C=O) groups is 1. The molecule has 19 heavy (non-hydrogen) atoms. The van der Waals surface area contributed by atoms with E-state index in [0.717, 1.165) is 30.0 Å². The van der Waals surface area contributed by atoms with Crippen molar-refractivity contribution in [2.45, 2.75) is 26.2 Å². The zero-order valence-electron chi connectivity index (χ0n) is 11.1. The lowest BCUT2D eigenvalue weighted by molar-refractivity contribution is 0.0795. The summed E-state index contributed by atoms with van der Waals surface area (Å²) in [4.78, 5) is 15.3. The van der Waals surface area contributed by atoms with E-state index in [4.69, 9.17) is 0 Å². The van der Waals surface area contributed by atoms with Crippen LogP contribution in [0.3, 0.4) is 0 Å². The molecule has 1 aliphatic rings. The average molecular weight is 275 g/mol. The number of nitrogens with one attached hydrogen (secondary N) is 1. The summed E-state index contributed by atoms with van der Waals surface area (Å²) in [5.41, 5.74) is 3.45. The van der Waals surface area contributed by atoms with Crippen molar-refractivity contribution < 1.29 is 4.79 Å². The van der Waals surface area contributed by atoms with Gasteiger partial charge in [-0.3, -0.25) is 9.89 Å². The maximum absolute atomic E-state index is 12.4. The zero-order valence-corrected chi connectivity index (χ0v) is 12.0. The molecule has 0 unspecified atom stereocenters. The van der Waals surface area contributed by atoms with Crippen molar-refractivity contribution in [2.24, 2.45) is 0 Å². The number of aromatic nitrogens is 2. The summed E-state index contributed by atoms with van der Waals surface area (Å²) in [6, 6.07) is 2.00. The zero-order chi connectivity index (χ0) is 13.4. The average Bonchev–Trinajstić information content (AvgIpc) is 3.08. The number of thiophene rings is 1. The van der Waals surface area contributed by atoms with Crippen molar-refractivity contribution in [1.29, 1.82) is 0 Å². The van der Waals surface area contributed by atoms with Crippen LogP contribution in [-0.2, 0) is 0 Å².